The van der Waals surface area contributed by atoms with Crippen molar-refractivity contribution in [3.05, 3.63) is 47.4 Å². The number of nitriles is 1. The van der Waals surface area contributed by atoms with E-state index < -0.39 is 10.0 Å². The largest absolute Gasteiger partial charge is 0.264 e. The molecule has 19 heavy (non-hydrogen) atoms. The summed E-state index contributed by atoms with van der Waals surface area (Å²) in [5.74, 6) is -0.0137. The number of nitrogens with one attached hydrogen (secondary N) is 1. The number of anilines is 1. The number of benzene rings is 1. The summed E-state index contributed by atoms with van der Waals surface area (Å²) in [6, 6.07) is 7.67. The molecule has 1 aromatic heterocycles. The van der Waals surface area contributed by atoms with Gasteiger partial charge in [-0.2, -0.15) is 5.26 Å². The number of nitrogens with zero attached hydrogens (tertiary/aromatic N) is 3. The van der Waals surface area contributed by atoms with Gasteiger partial charge in [-0.25, -0.2) is 13.4 Å². The third-order valence-electron chi connectivity index (χ3n) is 2.14. The van der Waals surface area contributed by atoms with E-state index in [1.807, 2.05) is 6.07 Å². The highest BCUT2D eigenvalue weighted by Gasteiger charge is 2.18. The number of aromatic nitrogens is 2. The Balaban J connectivity index is 2.41. The van der Waals surface area contributed by atoms with Crippen LogP contribution in [0, 0.1) is 11.3 Å². The molecular weight excluding hydrogens is 288 g/mol. The molecule has 8 heteroatoms. The van der Waals surface area contributed by atoms with Crippen LogP contribution in [0.2, 0.25) is 5.15 Å². The van der Waals surface area contributed by atoms with E-state index in [-0.39, 0.29) is 21.4 Å². The standard InChI is InChI=1S/C11H7ClN4O2S/c12-10-6-14-7-11(15-10)16-19(17,18)9-4-2-1-3-8(9)5-13/h1-4,6-7H,(H,15,16). The fraction of sp³-hybridized carbons (Fsp3) is 0. The molecule has 0 aliphatic rings. The summed E-state index contributed by atoms with van der Waals surface area (Å²) < 4.78 is 26.5. The first-order chi connectivity index (χ1) is 9.03. The van der Waals surface area contributed by atoms with Crippen molar-refractivity contribution in [2.45, 2.75) is 4.90 Å². The first-order valence-corrected chi connectivity index (χ1v) is 6.88. The van der Waals surface area contributed by atoms with Crippen LogP contribution in [0.25, 0.3) is 0 Å². The van der Waals surface area contributed by atoms with E-state index in [0.717, 1.165) is 0 Å². The molecule has 6 nitrogen and oxygen atoms in total. The lowest BCUT2D eigenvalue weighted by molar-refractivity contribution is 0.600. The molecule has 0 aliphatic heterocycles. The van der Waals surface area contributed by atoms with E-state index in [1.165, 1.54) is 30.6 Å². The van der Waals surface area contributed by atoms with Crippen molar-refractivity contribution < 1.29 is 8.42 Å². The van der Waals surface area contributed by atoms with Crippen LogP contribution in [-0.4, -0.2) is 18.4 Å². The summed E-state index contributed by atoms with van der Waals surface area (Å²) in [6.07, 6.45) is 2.50. The van der Waals surface area contributed by atoms with Gasteiger partial charge in [-0.15, -0.1) is 0 Å². The average Bonchev–Trinajstić information content (AvgIpc) is 2.38. The normalized spacial score (nSPS) is 10.7. The molecule has 0 atom stereocenters. The third kappa shape index (κ3) is 2.99. The lowest BCUT2D eigenvalue weighted by Gasteiger charge is -2.08. The number of hydrogen-bond acceptors (Lipinski definition) is 5. The second-order valence-corrected chi connectivity index (χ2v) is 5.48. The van der Waals surface area contributed by atoms with Crippen LogP contribution in [0.15, 0.2) is 41.6 Å². The van der Waals surface area contributed by atoms with Crippen molar-refractivity contribution in [3.8, 4) is 6.07 Å². The average molecular weight is 295 g/mol. The van der Waals surface area contributed by atoms with Crippen molar-refractivity contribution in [1.82, 2.24) is 9.97 Å². The van der Waals surface area contributed by atoms with Gasteiger partial charge >= 0.3 is 0 Å². The quantitative estimate of drug-likeness (QED) is 0.931. The van der Waals surface area contributed by atoms with Gasteiger partial charge in [0.25, 0.3) is 10.0 Å². The molecule has 0 amide bonds. The van der Waals surface area contributed by atoms with Crippen molar-refractivity contribution in [3.63, 3.8) is 0 Å². The Morgan fingerprint density at radius 3 is 2.68 bits per heavy atom. The first-order valence-electron chi connectivity index (χ1n) is 5.02. The zero-order chi connectivity index (χ0) is 13.9. The zero-order valence-corrected chi connectivity index (χ0v) is 11.0. The fourth-order valence-electron chi connectivity index (χ4n) is 1.38. The summed E-state index contributed by atoms with van der Waals surface area (Å²) in [4.78, 5) is 7.36. The molecule has 2 aromatic rings. The van der Waals surface area contributed by atoms with E-state index in [1.54, 1.807) is 6.07 Å². The molecule has 0 aliphatic carbocycles. The summed E-state index contributed by atoms with van der Waals surface area (Å²) in [7, 11) is -3.91. The molecular formula is C11H7ClN4O2S. The van der Waals surface area contributed by atoms with Crippen molar-refractivity contribution in [2.75, 3.05) is 4.72 Å². The van der Waals surface area contributed by atoms with Crippen LogP contribution in [0.1, 0.15) is 5.56 Å². The molecule has 1 N–H and O–H groups in total. The van der Waals surface area contributed by atoms with Gasteiger partial charge in [0.05, 0.1) is 18.0 Å². The maximum atomic E-state index is 12.1. The number of hydrogen-bond donors (Lipinski definition) is 1. The van der Waals surface area contributed by atoms with Gasteiger partial charge in [-0.3, -0.25) is 9.71 Å². The fourth-order valence-corrected chi connectivity index (χ4v) is 2.67. The topological polar surface area (TPSA) is 95.7 Å². The van der Waals surface area contributed by atoms with Crippen LogP contribution in [-0.2, 0) is 10.0 Å². The third-order valence-corrected chi connectivity index (χ3v) is 3.74. The van der Waals surface area contributed by atoms with E-state index in [0.29, 0.717) is 0 Å². The van der Waals surface area contributed by atoms with Gasteiger partial charge in [-0.05, 0) is 12.1 Å². The Morgan fingerprint density at radius 2 is 2.00 bits per heavy atom. The first kappa shape index (κ1) is 13.3. The molecule has 0 fully saturated rings. The summed E-state index contributed by atoms with van der Waals surface area (Å²) in [5, 5.41) is 8.96. The van der Waals surface area contributed by atoms with Crippen LogP contribution in [0.5, 0.6) is 0 Å². The van der Waals surface area contributed by atoms with Crippen molar-refractivity contribution in [2.24, 2.45) is 0 Å². The zero-order valence-electron chi connectivity index (χ0n) is 9.41. The molecule has 0 radical (unpaired) electrons. The minimum absolute atomic E-state index is 0.0137. The van der Waals surface area contributed by atoms with E-state index in [2.05, 4.69) is 14.7 Å². The molecule has 2 rings (SSSR count). The Labute approximate surface area is 114 Å². The van der Waals surface area contributed by atoms with Gasteiger partial charge in [-0.1, -0.05) is 23.7 Å². The minimum atomic E-state index is -3.91. The Kier molecular flexibility index (Phi) is 3.64. The van der Waals surface area contributed by atoms with Gasteiger partial charge in [0.15, 0.2) is 5.82 Å². The molecule has 0 spiro atoms. The van der Waals surface area contributed by atoms with Crippen LogP contribution in [0.4, 0.5) is 5.82 Å². The predicted octanol–water partition coefficient (Wildman–Crippen LogP) is 1.80. The lowest BCUT2D eigenvalue weighted by atomic mass is 10.2. The smallest absolute Gasteiger partial charge is 0.262 e. The monoisotopic (exact) mass is 294 g/mol. The Bertz CT molecular complexity index is 755. The molecule has 0 bridgehead atoms. The summed E-state index contributed by atoms with van der Waals surface area (Å²) in [6.45, 7) is 0. The predicted molar refractivity (Wildman–Crippen MR) is 69.0 cm³/mol. The van der Waals surface area contributed by atoms with Crippen molar-refractivity contribution >= 4 is 27.4 Å². The number of rotatable bonds is 3. The molecule has 1 aromatic carbocycles. The second-order valence-electron chi connectivity index (χ2n) is 3.44. The van der Waals surface area contributed by atoms with Crippen LogP contribution >= 0.6 is 11.6 Å². The van der Waals surface area contributed by atoms with E-state index in [4.69, 9.17) is 16.9 Å². The summed E-state index contributed by atoms with van der Waals surface area (Å²) in [5.41, 5.74) is 0.0463. The Hall–Kier alpha value is -2.17. The highest BCUT2D eigenvalue weighted by atomic mass is 35.5. The minimum Gasteiger partial charge on any atom is -0.262 e. The van der Waals surface area contributed by atoms with E-state index in [9.17, 15) is 8.42 Å². The molecule has 0 unspecified atom stereocenters. The van der Waals surface area contributed by atoms with Gasteiger partial charge in [0.1, 0.15) is 16.1 Å². The number of sulfonamides is 1. The highest BCUT2D eigenvalue weighted by Crippen LogP contribution is 2.18. The molecule has 96 valence electrons. The number of halogens is 1. The molecule has 0 saturated carbocycles. The maximum absolute atomic E-state index is 12.1. The van der Waals surface area contributed by atoms with Gasteiger partial charge in [0.2, 0.25) is 0 Å². The maximum Gasteiger partial charge on any atom is 0.264 e. The summed E-state index contributed by atoms with van der Waals surface area (Å²) >= 11 is 5.62. The lowest BCUT2D eigenvalue weighted by Crippen LogP contribution is -2.15. The Morgan fingerprint density at radius 1 is 1.26 bits per heavy atom. The molecule has 0 saturated heterocycles. The van der Waals surface area contributed by atoms with E-state index >= 15 is 0 Å². The SMILES string of the molecule is N#Cc1ccccc1S(=O)(=O)Nc1cncc(Cl)n1. The molecule has 1 heterocycles. The van der Waals surface area contributed by atoms with Crippen molar-refractivity contribution in [1.29, 1.82) is 5.26 Å². The highest BCUT2D eigenvalue weighted by molar-refractivity contribution is 7.92. The van der Waals surface area contributed by atoms with Crippen LogP contribution in [0.3, 0.4) is 0 Å². The second kappa shape index (κ2) is 5.22. The van der Waals surface area contributed by atoms with Crippen LogP contribution < -0.4 is 4.72 Å². The van der Waals surface area contributed by atoms with Gasteiger partial charge in [0, 0.05) is 0 Å². The van der Waals surface area contributed by atoms with Gasteiger partial charge < -0.3 is 0 Å².